The molecular weight excluding hydrogens is 294 g/mol. The number of esters is 1. The van der Waals surface area contributed by atoms with Gasteiger partial charge in [0, 0.05) is 4.90 Å². The molecule has 1 aliphatic heterocycles. The minimum absolute atomic E-state index is 0.253. The van der Waals surface area contributed by atoms with Crippen LogP contribution in [0, 0.1) is 0 Å². The fourth-order valence-electron chi connectivity index (χ4n) is 2.47. The zero-order valence-corrected chi connectivity index (χ0v) is 13.4. The van der Waals surface area contributed by atoms with Crippen LogP contribution in [0.1, 0.15) is 19.4 Å². The predicted octanol–water partition coefficient (Wildman–Crippen LogP) is 4.23. The number of fused-ring (bicyclic) bond motifs is 1. The monoisotopic (exact) mass is 311 g/mol. The SMILES string of the molecule is CCOC(=O)[C@@]1(C)Sc2ccccc2N=C1c1ccccc1. The molecule has 22 heavy (non-hydrogen) atoms. The van der Waals surface area contributed by atoms with Crippen LogP contribution in [-0.4, -0.2) is 23.0 Å². The Bertz CT molecular complexity index is 727. The van der Waals surface area contributed by atoms with Crippen molar-refractivity contribution in [3.63, 3.8) is 0 Å². The first-order valence-electron chi connectivity index (χ1n) is 7.25. The van der Waals surface area contributed by atoms with E-state index in [-0.39, 0.29) is 5.97 Å². The lowest BCUT2D eigenvalue weighted by molar-refractivity contribution is -0.143. The number of para-hydroxylation sites is 1. The summed E-state index contributed by atoms with van der Waals surface area (Å²) in [5.74, 6) is -0.253. The number of thioether (sulfide) groups is 1. The highest BCUT2D eigenvalue weighted by Gasteiger charge is 2.44. The lowest BCUT2D eigenvalue weighted by atomic mass is 9.96. The van der Waals surface area contributed by atoms with E-state index < -0.39 is 4.75 Å². The van der Waals surface area contributed by atoms with Gasteiger partial charge in [0.1, 0.15) is 0 Å². The highest BCUT2D eigenvalue weighted by Crippen LogP contribution is 2.46. The van der Waals surface area contributed by atoms with Crippen LogP contribution < -0.4 is 0 Å². The molecule has 1 atom stereocenters. The summed E-state index contributed by atoms with van der Waals surface area (Å²) in [5.41, 5.74) is 2.59. The lowest BCUT2D eigenvalue weighted by Gasteiger charge is -2.32. The van der Waals surface area contributed by atoms with Crippen molar-refractivity contribution in [2.45, 2.75) is 23.5 Å². The molecule has 0 radical (unpaired) electrons. The number of aliphatic imine (C=N–C) groups is 1. The number of ether oxygens (including phenoxy) is 1. The van der Waals surface area contributed by atoms with Crippen molar-refractivity contribution in [3.05, 3.63) is 60.2 Å². The Hall–Kier alpha value is -2.07. The van der Waals surface area contributed by atoms with Crippen LogP contribution in [0.5, 0.6) is 0 Å². The molecule has 3 rings (SSSR count). The normalized spacial score (nSPS) is 20.0. The number of carbonyl (C=O) groups is 1. The van der Waals surface area contributed by atoms with Crippen LogP contribution in [0.3, 0.4) is 0 Å². The predicted molar refractivity (Wildman–Crippen MR) is 90.0 cm³/mol. The van der Waals surface area contributed by atoms with Crippen molar-refractivity contribution in [1.29, 1.82) is 0 Å². The Labute approximate surface area is 134 Å². The van der Waals surface area contributed by atoms with Gasteiger partial charge < -0.3 is 4.74 Å². The van der Waals surface area contributed by atoms with E-state index >= 15 is 0 Å². The van der Waals surface area contributed by atoms with Gasteiger partial charge in [0.2, 0.25) is 0 Å². The molecule has 4 heteroatoms. The van der Waals surface area contributed by atoms with Gasteiger partial charge in [0.15, 0.2) is 4.75 Å². The maximum atomic E-state index is 12.6. The number of hydrogen-bond donors (Lipinski definition) is 0. The molecule has 0 spiro atoms. The van der Waals surface area contributed by atoms with Crippen molar-refractivity contribution >= 4 is 29.1 Å². The Morgan fingerprint density at radius 3 is 2.55 bits per heavy atom. The molecule has 0 saturated carbocycles. The molecule has 1 aliphatic rings. The summed E-state index contributed by atoms with van der Waals surface area (Å²) in [6.07, 6.45) is 0. The molecule has 0 unspecified atom stereocenters. The fourth-order valence-corrected chi connectivity index (χ4v) is 3.68. The second kappa shape index (κ2) is 5.97. The Morgan fingerprint density at radius 2 is 1.82 bits per heavy atom. The number of rotatable bonds is 3. The van der Waals surface area contributed by atoms with E-state index in [0.717, 1.165) is 21.9 Å². The standard InChI is InChI=1S/C18H17NO2S/c1-3-21-17(20)18(2)16(13-9-5-4-6-10-13)19-14-11-7-8-12-15(14)22-18/h4-12H,3H2,1-2H3/t18-/m0/s1. The summed E-state index contributed by atoms with van der Waals surface area (Å²) in [6, 6.07) is 17.7. The quantitative estimate of drug-likeness (QED) is 0.796. The van der Waals surface area contributed by atoms with Gasteiger partial charge in [-0.15, -0.1) is 0 Å². The van der Waals surface area contributed by atoms with Crippen LogP contribution >= 0.6 is 11.8 Å². The molecule has 0 amide bonds. The maximum absolute atomic E-state index is 12.6. The third-order valence-corrected chi connectivity index (χ3v) is 4.91. The van der Waals surface area contributed by atoms with Crippen LogP contribution in [-0.2, 0) is 9.53 Å². The van der Waals surface area contributed by atoms with Gasteiger partial charge in [-0.3, -0.25) is 4.79 Å². The number of carbonyl (C=O) groups excluding carboxylic acids is 1. The van der Waals surface area contributed by atoms with Crippen LogP contribution in [0.15, 0.2) is 64.5 Å². The Balaban J connectivity index is 2.15. The molecule has 0 aromatic heterocycles. The second-order valence-electron chi connectivity index (χ2n) is 5.15. The van der Waals surface area contributed by atoms with Gasteiger partial charge in [0.05, 0.1) is 18.0 Å². The highest BCUT2D eigenvalue weighted by atomic mass is 32.2. The van der Waals surface area contributed by atoms with Crippen LogP contribution in [0.2, 0.25) is 0 Å². The van der Waals surface area contributed by atoms with Crippen LogP contribution in [0.25, 0.3) is 0 Å². The van der Waals surface area contributed by atoms with Crippen molar-refractivity contribution in [1.82, 2.24) is 0 Å². The van der Waals surface area contributed by atoms with Gasteiger partial charge >= 0.3 is 5.97 Å². The second-order valence-corrected chi connectivity index (χ2v) is 6.61. The van der Waals surface area contributed by atoms with Crippen molar-refractivity contribution in [3.8, 4) is 0 Å². The summed E-state index contributed by atoms with van der Waals surface area (Å²) in [7, 11) is 0. The average molecular weight is 311 g/mol. The van der Waals surface area contributed by atoms with E-state index in [9.17, 15) is 4.79 Å². The number of hydrogen-bond acceptors (Lipinski definition) is 4. The first-order valence-corrected chi connectivity index (χ1v) is 8.06. The summed E-state index contributed by atoms with van der Waals surface area (Å²) in [4.78, 5) is 18.4. The van der Waals surface area contributed by atoms with E-state index in [4.69, 9.17) is 9.73 Å². The minimum Gasteiger partial charge on any atom is -0.465 e. The van der Waals surface area contributed by atoms with Crippen molar-refractivity contribution in [2.24, 2.45) is 4.99 Å². The summed E-state index contributed by atoms with van der Waals surface area (Å²) < 4.78 is 4.47. The van der Waals surface area contributed by atoms with Gasteiger partial charge in [-0.05, 0) is 31.5 Å². The molecule has 1 heterocycles. The van der Waals surface area contributed by atoms with E-state index in [2.05, 4.69) is 0 Å². The zero-order chi connectivity index (χ0) is 15.6. The molecule has 0 fully saturated rings. The molecular formula is C18H17NO2S. The topological polar surface area (TPSA) is 38.7 Å². The summed E-state index contributed by atoms with van der Waals surface area (Å²) in [5, 5.41) is 0. The van der Waals surface area contributed by atoms with E-state index in [0.29, 0.717) is 6.61 Å². The summed E-state index contributed by atoms with van der Waals surface area (Å²) in [6.45, 7) is 4.07. The largest absolute Gasteiger partial charge is 0.465 e. The first kappa shape index (κ1) is 14.9. The lowest BCUT2D eigenvalue weighted by Crippen LogP contribution is -2.43. The molecule has 0 aliphatic carbocycles. The zero-order valence-electron chi connectivity index (χ0n) is 12.6. The fraction of sp³-hybridized carbons (Fsp3) is 0.222. The maximum Gasteiger partial charge on any atom is 0.328 e. The average Bonchev–Trinajstić information content (AvgIpc) is 2.55. The molecule has 0 N–H and O–H groups in total. The molecule has 2 aromatic carbocycles. The third-order valence-electron chi connectivity index (χ3n) is 3.58. The molecule has 2 aromatic rings. The van der Waals surface area contributed by atoms with E-state index in [1.54, 1.807) is 0 Å². The van der Waals surface area contributed by atoms with Gasteiger partial charge in [-0.2, -0.15) is 0 Å². The van der Waals surface area contributed by atoms with E-state index in [1.165, 1.54) is 11.8 Å². The van der Waals surface area contributed by atoms with Gasteiger partial charge in [0.25, 0.3) is 0 Å². The molecule has 0 bridgehead atoms. The number of benzene rings is 2. The van der Waals surface area contributed by atoms with Gasteiger partial charge in [-0.1, -0.05) is 54.2 Å². The third kappa shape index (κ3) is 2.55. The molecule has 3 nitrogen and oxygen atoms in total. The molecule has 112 valence electrons. The number of nitrogens with zero attached hydrogens (tertiary/aromatic N) is 1. The first-order chi connectivity index (χ1) is 10.6. The smallest absolute Gasteiger partial charge is 0.328 e. The van der Waals surface area contributed by atoms with Gasteiger partial charge in [-0.25, -0.2) is 4.99 Å². The van der Waals surface area contributed by atoms with E-state index in [1.807, 2.05) is 68.4 Å². The minimum atomic E-state index is -0.842. The Kier molecular flexibility index (Phi) is 4.03. The highest BCUT2D eigenvalue weighted by molar-refractivity contribution is 8.02. The van der Waals surface area contributed by atoms with Crippen molar-refractivity contribution in [2.75, 3.05) is 6.61 Å². The van der Waals surface area contributed by atoms with Crippen molar-refractivity contribution < 1.29 is 9.53 Å². The Morgan fingerprint density at radius 1 is 1.14 bits per heavy atom. The summed E-state index contributed by atoms with van der Waals surface area (Å²) >= 11 is 1.50. The van der Waals surface area contributed by atoms with Crippen LogP contribution in [0.4, 0.5) is 5.69 Å². The molecule has 0 saturated heterocycles.